The van der Waals surface area contributed by atoms with Gasteiger partial charge in [-0.2, -0.15) is 0 Å². The lowest BCUT2D eigenvalue weighted by atomic mass is 9.92. The van der Waals surface area contributed by atoms with Crippen LogP contribution in [0.4, 0.5) is 0 Å². The molecule has 17 rings (SSSR count). The van der Waals surface area contributed by atoms with Crippen molar-refractivity contribution in [2.24, 2.45) is 0 Å². The van der Waals surface area contributed by atoms with Gasteiger partial charge in [0.05, 0.1) is 38.8 Å². The molecule has 0 amide bonds. The Morgan fingerprint density at radius 3 is 1.03 bits per heavy atom. The van der Waals surface area contributed by atoms with Crippen molar-refractivity contribution < 1.29 is 0 Å². The summed E-state index contributed by atoms with van der Waals surface area (Å²) in [6.45, 7) is 6.49. The van der Waals surface area contributed by atoms with Crippen molar-refractivity contribution in [1.82, 2.24) is 48.6 Å². The molecule has 0 saturated heterocycles. The summed E-state index contributed by atoms with van der Waals surface area (Å²) in [6, 6.07) is 95.7. The van der Waals surface area contributed by atoms with Gasteiger partial charge >= 0.3 is 0 Å². The van der Waals surface area contributed by atoms with Crippen LogP contribution in [0.25, 0.3) is 162 Å². The van der Waals surface area contributed by atoms with Gasteiger partial charge in [-0.05, 0) is 87.0 Å². The Hall–Kier alpha value is -12.0. The van der Waals surface area contributed by atoms with Crippen LogP contribution < -0.4 is 0 Å². The number of nitrogens with zero attached hydrogens (tertiary/aromatic N) is 10. The predicted molar refractivity (Wildman–Crippen MR) is 366 cm³/mol. The number of pyridine rings is 1. The summed E-state index contributed by atoms with van der Waals surface area (Å²) >= 11 is 0. The van der Waals surface area contributed by atoms with Gasteiger partial charge in [-0.25, -0.2) is 34.9 Å². The molecule has 0 spiro atoms. The fourth-order valence-electron chi connectivity index (χ4n) is 13.2. The van der Waals surface area contributed by atoms with Crippen molar-refractivity contribution in [3.63, 3.8) is 0 Å². The van der Waals surface area contributed by atoms with Gasteiger partial charge in [-0.1, -0.05) is 229 Å². The Kier molecular flexibility index (Phi) is 12.3. The van der Waals surface area contributed by atoms with E-state index in [1.165, 1.54) is 11.1 Å². The van der Waals surface area contributed by atoms with Crippen molar-refractivity contribution in [3.05, 3.63) is 290 Å². The first kappa shape index (κ1) is 52.3. The fraction of sp³-hybridized carbons (Fsp3) is 0.0375. The van der Waals surface area contributed by atoms with Gasteiger partial charge in [-0.15, -0.1) is 0 Å². The monoisotopic (exact) mass is 1150 g/mol. The van der Waals surface area contributed by atoms with Crippen LogP contribution >= 0.6 is 0 Å². The number of fused-ring (bicyclic) bond motifs is 9. The van der Waals surface area contributed by atoms with E-state index in [2.05, 4.69) is 210 Å². The number of aromatic nitrogens is 10. The molecule has 0 unspecified atom stereocenters. The standard InChI is InChI=1S/C80H54N10/c1-49-39-42-68-61(45-49)56-31-16-19-36-65(56)88(68)71-48-64(73(89-66-37-20-17-32-57(66)62-46-50(2)40-43-69(62)89)80(81-71)90-67-38-21-18-33-58(67)63-47-51(3)41-44-70(63)90)59-34-22-35-60(78-84-74(52-23-8-4-9-24-52)82-75(85-78)53-25-10-5-11-26-53)72(59)79-86-76(54-27-12-6-13-28-54)83-77(87-79)55-29-14-7-15-30-55/h4-48H,1-3H3. The molecule has 424 valence electrons. The Bertz CT molecular complexity index is 5580. The minimum atomic E-state index is 0.430. The molecule has 90 heavy (non-hydrogen) atoms. The zero-order valence-corrected chi connectivity index (χ0v) is 49.5. The number of rotatable bonds is 10. The number of benzene rings is 11. The van der Waals surface area contributed by atoms with E-state index < -0.39 is 0 Å². The summed E-state index contributed by atoms with van der Waals surface area (Å²) in [5, 5.41) is 6.76. The largest absolute Gasteiger partial charge is 0.305 e. The van der Waals surface area contributed by atoms with Gasteiger partial charge in [0, 0.05) is 71.3 Å². The van der Waals surface area contributed by atoms with Crippen LogP contribution in [0.15, 0.2) is 273 Å². The second-order valence-electron chi connectivity index (χ2n) is 23.1. The van der Waals surface area contributed by atoms with Crippen molar-refractivity contribution in [3.8, 4) is 96.8 Å². The minimum Gasteiger partial charge on any atom is -0.305 e. The second kappa shape index (κ2) is 21.1. The van der Waals surface area contributed by atoms with Gasteiger partial charge in [0.2, 0.25) is 0 Å². The van der Waals surface area contributed by atoms with Crippen LogP contribution in [-0.2, 0) is 0 Å². The highest BCUT2D eigenvalue weighted by Crippen LogP contribution is 2.48. The zero-order valence-electron chi connectivity index (χ0n) is 49.5. The molecule has 6 heterocycles. The van der Waals surface area contributed by atoms with Gasteiger partial charge < -0.3 is 4.57 Å². The Morgan fingerprint density at radius 2 is 0.578 bits per heavy atom. The highest BCUT2D eigenvalue weighted by Gasteiger charge is 2.31. The van der Waals surface area contributed by atoms with Crippen molar-refractivity contribution in [1.29, 1.82) is 0 Å². The van der Waals surface area contributed by atoms with Crippen LogP contribution in [0, 0.1) is 20.8 Å². The molecule has 0 fully saturated rings. The third-order valence-electron chi connectivity index (χ3n) is 17.3. The smallest absolute Gasteiger partial charge is 0.165 e. The number of aryl methyl sites for hydroxylation is 3. The second-order valence-corrected chi connectivity index (χ2v) is 23.1. The van der Waals surface area contributed by atoms with E-state index in [1.54, 1.807) is 0 Å². The summed E-state index contributed by atoms with van der Waals surface area (Å²) in [5.74, 6) is 4.40. The maximum absolute atomic E-state index is 6.19. The normalized spacial score (nSPS) is 11.7. The van der Waals surface area contributed by atoms with Crippen LogP contribution in [0.3, 0.4) is 0 Å². The molecule has 0 saturated carbocycles. The van der Waals surface area contributed by atoms with Crippen molar-refractivity contribution >= 4 is 65.4 Å². The van der Waals surface area contributed by atoms with Crippen LogP contribution in [0.5, 0.6) is 0 Å². The lowest BCUT2D eigenvalue weighted by Gasteiger charge is -2.24. The van der Waals surface area contributed by atoms with Crippen molar-refractivity contribution in [2.75, 3.05) is 0 Å². The zero-order chi connectivity index (χ0) is 60.0. The average molecular weight is 1160 g/mol. The molecule has 0 aliphatic heterocycles. The molecular formula is C80H54N10. The molecule has 17 aromatic rings. The fourth-order valence-corrected chi connectivity index (χ4v) is 13.2. The molecule has 11 aromatic carbocycles. The molecule has 0 atom stereocenters. The van der Waals surface area contributed by atoms with E-state index >= 15 is 0 Å². The molecule has 10 heteroatoms. The first-order valence-electron chi connectivity index (χ1n) is 30.3. The number of hydrogen-bond donors (Lipinski definition) is 0. The summed E-state index contributed by atoms with van der Waals surface area (Å²) in [7, 11) is 0. The first-order valence-corrected chi connectivity index (χ1v) is 30.3. The first-order chi connectivity index (χ1) is 44.4. The highest BCUT2D eigenvalue weighted by atomic mass is 15.2. The maximum atomic E-state index is 6.19. The van der Waals surface area contributed by atoms with E-state index in [4.69, 9.17) is 34.9 Å². The van der Waals surface area contributed by atoms with Crippen LogP contribution in [-0.4, -0.2) is 48.6 Å². The van der Waals surface area contributed by atoms with E-state index in [9.17, 15) is 0 Å². The quantitative estimate of drug-likeness (QED) is 0.134. The third-order valence-corrected chi connectivity index (χ3v) is 17.3. The lowest BCUT2D eigenvalue weighted by molar-refractivity contribution is 0.984. The molecule has 0 bridgehead atoms. The third kappa shape index (κ3) is 8.67. The minimum absolute atomic E-state index is 0.430. The summed E-state index contributed by atoms with van der Waals surface area (Å²) < 4.78 is 7.16. The van der Waals surface area contributed by atoms with Gasteiger partial charge in [0.25, 0.3) is 0 Å². The molecular weight excluding hydrogens is 1100 g/mol. The van der Waals surface area contributed by atoms with E-state index in [0.29, 0.717) is 51.9 Å². The molecule has 10 nitrogen and oxygen atoms in total. The molecule has 0 radical (unpaired) electrons. The molecule has 0 aliphatic carbocycles. The maximum Gasteiger partial charge on any atom is 0.165 e. The van der Waals surface area contributed by atoms with Gasteiger partial charge in [0.1, 0.15) is 5.82 Å². The summed E-state index contributed by atoms with van der Waals surface area (Å²) in [4.78, 5) is 38.9. The lowest BCUT2D eigenvalue weighted by Crippen LogP contribution is -2.12. The Balaban J connectivity index is 1.10. The molecule has 0 aliphatic rings. The van der Waals surface area contributed by atoms with Crippen LogP contribution in [0.1, 0.15) is 16.7 Å². The molecule has 0 N–H and O–H groups in total. The summed E-state index contributed by atoms with van der Waals surface area (Å²) in [6.07, 6.45) is 0. The SMILES string of the molecule is Cc1ccc2c(c1)c1ccccc1n2-c1cc(-c2cccc(-c3nc(-c4ccccc4)nc(-c4ccccc4)n3)c2-c2nc(-c3ccccc3)nc(-c3ccccc3)n2)c(-n2c3ccccc3c3cc(C)ccc32)c(-n2c3ccccc3c3cc(C)ccc32)n1. The number of hydrogen-bond acceptors (Lipinski definition) is 7. The number of para-hydroxylation sites is 3. The predicted octanol–water partition coefficient (Wildman–Crippen LogP) is 19.3. The van der Waals surface area contributed by atoms with E-state index in [1.807, 2.05) is 97.1 Å². The van der Waals surface area contributed by atoms with Crippen molar-refractivity contribution in [2.45, 2.75) is 20.8 Å². The van der Waals surface area contributed by atoms with Gasteiger partial charge in [-0.3, -0.25) is 9.13 Å². The molecule has 6 aromatic heterocycles. The van der Waals surface area contributed by atoms with Crippen LogP contribution in [0.2, 0.25) is 0 Å². The van der Waals surface area contributed by atoms with E-state index in [0.717, 1.165) is 116 Å². The Labute approximate surface area is 518 Å². The topological polar surface area (TPSA) is 105 Å². The van der Waals surface area contributed by atoms with E-state index in [-0.39, 0.29) is 0 Å². The highest BCUT2D eigenvalue weighted by molar-refractivity contribution is 6.14. The summed E-state index contributed by atoms with van der Waals surface area (Å²) in [5.41, 5.74) is 16.9. The average Bonchev–Trinajstić information content (AvgIpc) is 1.48. The van der Waals surface area contributed by atoms with Gasteiger partial charge in [0.15, 0.2) is 40.8 Å². The Morgan fingerprint density at radius 1 is 0.233 bits per heavy atom.